The largest absolute Gasteiger partial charge is 0.497 e. The van der Waals surface area contributed by atoms with E-state index in [4.69, 9.17) is 21.1 Å². The second kappa shape index (κ2) is 12.8. The number of carbonyl (C=O) groups is 2. The van der Waals surface area contributed by atoms with Crippen molar-refractivity contribution in [2.75, 3.05) is 20.3 Å². The van der Waals surface area contributed by atoms with Gasteiger partial charge in [0.1, 0.15) is 17.5 Å². The van der Waals surface area contributed by atoms with Crippen LogP contribution in [0.2, 0.25) is 5.02 Å². The van der Waals surface area contributed by atoms with E-state index in [9.17, 15) is 9.59 Å². The molecular formula is C24H31ClN2O4. The summed E-state index contributed by atoms with van der Waals surface area (Å²) >= 11 is 6.29. The standard InChI is InChI=1S/C24H31ClN2O4/c1-4-15-26-24(29)18(2)27(17-19-8-5-6-9-22(19)25)23(28)10-7-16-31-21-13-11-20(30-3)12-14-21/h5-6,8-9,11-14,18H,4,7,10,15-17H2,1-3H3,(H,26,29)/t18-/m1/s1. The molecule has 168 valence electrons. The van der Waals surface area contributed by atoms with Crippen LogP contribution < -0.4 is 14.8 Å². The molecule has 2 aromatic carbocycles. The van der Waals surface area contributed by atoms with Crippen molar-refractivity contribution in [1.82, 2.24) is 10.2 Å². The van der Waals surface area contributed by atoms with Gasteiger partial charge in [0.15, 0.2) is 0 Å². The van der Waals surface area contributed by atoms with Gasteiger partial charge in [0, 0.05) is 24.5 Å². The van der Waals surface area contributed by atoms with Crippen molar-refractivity contribution in [3.05, 3.63) is 59.1 Å². The Balaban J connectivity index is 1.97. The zero-order valence-electron chi connectivity index (χ0n) is 18.4. The lowest BCUT2D eigenvalue weighted by Gasteiger charge is -2.29. The summed E-state index contributed by atoms with van der Waals surface area (Å²) in [5.74, 6) is 1.19. The Labute approximate surface area is 189 Å². The van der Waals surface area contributed by atoms with Gasteiger partial charge in [0.2, 0.25) is 11.8 Å². The minimum atomic E-state index is -0.599. The van der Waals surface area contributed by atoms with Gasteiger partial charge in [-0.3, -0.25) is 9.59 Å². The highest BCUT2D eigenvalue weighted by molar-refractivity contribution is 6.31. The molecule has 2 amide bonds. The van der Waals surface area contributed by atoms with Gasteiger partial charge in [0.05, 0.1) is 13.7 Å². The Kier molecular flexibility index (Phi) is 10.2. The minimum Gasteiger partial charge on any atom is -0.497 e. The maximum absolute atomic E-state index is 13.0. The SMILES string of the molecule is CCCNC(=O)[C@@H](C)N(Cc1ccccc1Cl)C(=O)CCCOc1ccc(OC)cc1. The van der Waals surface area contributed by atoms with Gasteiger partial charge in [-0.05, 0) is 55.7 Å². The van der Waals surface area contributed by atoms with E-state index >= 15 is 0 Å². The highest BCUT2D eigenvalue weighted by Gasteiger charge is 2.26. The first kappa shape index (κ1) is 24.5. The monoisotopic (exact) mass is 446 g/mol. The fourth-order valence-electron chi connectivity index (χ4n) is 3.02. The molecule has 0 spiro atoms. The van der Waals surface area contributed by atoms with Gasteiger partial charge in [-0.1, -0.05) is 36.7 Å². The molecule has 0 saturated heterocycles. The molecule has 0 aromatic heterocycles. The second-order valence-electron chi connectivity index (χ2n) is 7.21. The molecule has 0 aliphatic carbocycles. The Hall–Kier alpha value is -2.73. The van der Waals surface area contributed by atoms with E-state index in [1.165, 1.54) is 0 Å². The number of benzene rings is 2. The smallest absolute Gasteiger partial charge is 0.242 e. The number of nitrogens with zero attached hydrogens (tertiary/aromatic N) is 1. The summed E-state index contributed by atoms with van der Waals surface area (Å²) in [6.45, 7) is 4.98. The molecule has 0 saturated carbocycles. The third kappa shape index (κ3) is 7.79. The average molecular weight is 447 g/mol. The topological polar surface area (TPSA) is 67.9 Å². The van der Waals surface area contributed by atoms with E-state index in [1.807, 2.05) is 49.4 Å². The number of methoxy groups -OCH3 is 1. The zero-order valence-corrected chi connectivity index (χ0v) is 19.2. The summed E-state index contributed by atoms with van der Waals surface area (Å²) in [5.41, 5.74) is 0.808. The Morgan fingerprint density at radius 1 is 1.10 bits per heavy atom. The Morgan fingerprint density at radius 2 is 1.77 bits per heavy atom. The summed E-state index contributed by atoms with van der Waals surface area (Å²) in [7, 11) is 1.61. The molecule has 2 rings (SSSR count). The first-order valence-electron chi connectivity index (χ1n) is 10.5. The molecule has 0 radical (unpaired) electrons. The van der Waals surface area contributed by atoms with Crippen molar-refractivity contribution in [2.24, 2.45) is 0 Å². The van der Waals surface area contributed by atoms with Gasteiger partial charge in [0.25, 0.3) is 0 Å². The number of rotatable bonds is 12. The van der Waals surface area contributed by atoms with E-state index in [1.54, 1.807) is 25.0 Å². The third-order valence-corrected chi connectivity index (χ3v) is 5.25. The molecule has 0 bridgehead atoms. The molecule has 0 aliphatic rings. The van der Waals surface area contributed by atoms with Crippen LogP contribution in [0.5, 0.6) is 11.5 Å². The lowest BCUT2D eigenvalue weighted by Crippen LogP contribution is -2.47. The van der Waals surface area contributed by atoms with Crippen molar-refractivity contribution in [3.8, 4) is 11.5 Å². The van der Waals surface area contributed by atoms with Crippen LogP contribution in [0.3, 0.4) is 0 Å². The minimum absolute atomic E-state index is 0.114. The molecule has 7 heteroatoms. The van der Waals surface area contributed by atoms with E-state index in [-0.39, 0.29) is 24.8 Å². The Morgan fingerprint density at radius 3 is 2.42 bits per heavy atom. The molecule has 6 nitrogen and oxygen atoms in total. The van der Waals surface area contributed by atoms with E-state index in [0.717, 1.165) is 17.7 Å². The molecule has 1 N–H and O–H groups in total. The van der Waals surface area contributed by atoms with E-state index in [2.05, 4.69) is 5.32 Å². The highest BCUT2D eigenvalue weighted by atomic mass is 35.5. The quantitative estimate of drug-likeness (QED) is 0.489. The number of amides is 2. The molecule has 1 atom stereocenters. The van der Waals surface area contributed by atoms with Crippen molar-refractivity contribution >= 4 is 23.4 Å². The maximum Gasteiger partial charge on any atom is 0.242 e. The van der Waals surface area contributed by atoms with Crippen LogP contribution in [-0.2, 0) is 16.1 Å². The van der Waals surface area contributed by atoms with Crippen LogP contribution in [0, 0.1) is 0 Å². The number of carbonyl (C=O) groups excluding carboxylic acids is 2. The lowest BCUT2D eigenvalue weighted by atomic mass is 10.1. The van der Waals surface area contributed by atoms with Crippen LogP contribution >= 0.6 is 11.6 Å². The van der Waals surface area contributed by atoms with Gasteiger partial charge in [-0.2, -0.15) is 0 Å². The van der Waals surface area contributed by atoms with Crippen molar-refractivity contribution in [1.29, 1.82) is 0 Å². The number of hydrogen-bond donors (Lipinski definition) is 1. The van der Waals surface area contributed by atoms with Crippen LogP contribution in [0.1, 0.15) is 38.7 Å². The number of halogens is 1. The molecule has 0 unspecified atom stereocenters. The molecule has 0 aliphatic heterocycles. The summed E-state index contributed by atoms with van der Waals surface area (Å²) < 4.78 is 10.8. The van der Waals surface area contributed by atoms with Crippen molar-refractivity contribution in [3.63, 3.8) is 0 Å². The van der Waals surface area contributed by atoms with E-state index < -0.39 is 6.04 Å². The van der Waals surface area contributed by atoms with E-state index in [0.29, 0.717) is 30.3 Å². The predicted molar refractivity (Wildman–Crippen MR) is 122 cm³/mol. The first-order chi connectivity index (χ1) is 15.0. The predicted octanol–water partition coefficient (Wildman–Crippen LogP) is 4.45. The second-order valence-corrected chi connectivity index (χ2v) is 7.61. The van der Waals surface area contributed by atoms with Crippen molar-refractivity contribution in [2.45, 2.75) is 45.7 Å². The summed E-state index contributed by atoms with van der Waals surface area (Å²) in [4.78, 5) is 27.1. The van der Waals surface area contributed by atoms with Crippen molar-refractivity contribution < 1.29 is 19.1 Å². The van der Waals surface area contributed by atoms with Gasteiger partial charge in [-0.25, -0.2) is 0 Å². The van der Waals surface area contributed by atoms with Crippen LogP contribution in [0.25, 0.3) is 0 Å². The van der Waals surface area contributed by atoms with Gasteiger partial charge < -0.3 is 19.7 Å². The van der Waals surface area contributed by atoms with Gasteiger partial charge >= 0.3 is 0 Å². The molecule has 0 fully saturated rings. The molecule has 0 heterocycles. The summed E-state index contributed by atoms with van der Waals surface area (Å²) in [6.07, 6.45) is 1.64. The summed E-state index contributed by atoms with van der Waals surface area (Å²) in [5, 5.41) is 3.44. The third-order valence-electron chi connectivity index (χ3n) is 4.88. The molecule has 31 heavy (non-hydrogen) atoms. The number of nitrogens with one attached hydrogen (secondary N) is 1. The first-order valence-corrected chi connectivity index (χ1v) is 10.9. The van der Waals surface area contributed by atoms with Crippen LogP contribution in [0.15, 0.2) is 48.5 Å². The highest BCUT2D eigenvalue weighted by Crippen LogP contribution is 2.20. The lowest BCUT2D eigenvalue weighted by molar-refractivity contribution is -0.140. The fourth-order valence-corrected chi connectivity index (χ4v) is 3.21. The van der Waals surface area contributed by atoms with Crippen LogP contribution in [-0.4, -0.2) is 43.0 Å². The normalized spacial score (nSPS) is 11.5. The zero-order chi connectivity index (χ0) is 22.6. The average Bonchev–Trinajstić information content (AvgIpc) is 2.79. The molecule has 2 aromatic rings. The fraction of sp³-hybridized carbons (Fsp3) is 0.417. The Bertz CT molecular complexity index is 842. The van der Waals surface area contributed by atoms with Crippen LogP contribution in [0.4, 0.5) is 0 Å². The number of ether oxygens (including phenoxy) is 2. The number of hydrogen-bond acceptors (Lipinski definition) is 4. The van der Waals surface area contributed by atoms with Gasteiger partial charge in [-0.15, -0.1) is 0 Å². The maximum atomic E-state index is 13.0. The summed E-state index contributed by atoms with van der Waals surface area (Å²) in [6, 6.07) is 14.0. The molecular weight excluding hydrogens is 416 g/mol.